The molecule has 122 valence electrons. The maximum Gasteiger partial charge on any atom is 0.168 e. The van der Waals surface area contributed by atoms with E-state index in [2.05, 4.69) is 34.6 Å². The average molecular weight is 294 g/mol. The SMILES string of the molecule is CCC(CC)(CC)C(=O)/C(C)=C(\O)C1CCC(C)(C)CC1. The average Bonchev–Trinajstić information content (AvgIpc) is 2.48. The summed E-state index contributed by atoms with van der Waals surface area (Å²) in [4.78, 5) is 12.9. The van der Waals surface area contributed by atoms with Crippen molar-refractivity contribution in [2.45, 2.75) is 86.5 Å². The second-order valence-electron chi connectivity index (χ2n) is 7.62. The third-order valence-corrected chi connectivity index (χ3v) is 5.96. The van der Waals surface area contributed by atoms with Gasteiger partial charge in [-0.1, -0.05) is 34.6 Å². The first kappa shape index (κ1) is 18.3. The van der Waals surface area contributed by atoms with Gasteiger partial charge in [-0.15, -0.1) is 0 Å². The molecular formula is C19H34O2. The largest absolute Gasteiger partial charge is 0.512 e. The molecule has 0 unspecified atom stereocenters. The van der Waals surface area contributed by atoms with Crippen LogP contribution in [0.4, 0.5) is 0 Å². The van der Waals surface area contributed by atoms with E-state index in [1.165, 1.54) is 0 Å². The van der Waals surface area contributed by atoms with Gasteiger partial charge in [0.2, 0.25) is 0 Å². The van der Waals surface area contributed by atoms with Crippen LogP contribution in [0.25, 0.3) is 0 Å². The molecule has 0 amide bonds. The van der Waals surface area contributed by atoms with Gasteiger partial charge in [-0.3, -0.25) is 4.79 Å². The number of carbonyl (C=O) groups is 1. The summed E-state index contributed by atoms with van der Waals surface area (Å²) in [5.41, 5.74) is 0.714. The maximum atomic E-state index is 12.9. The number of hydrogen-bond acceptors (Lipinski definition) is 2. The predicted octanol–water partition coefficient (Wildman–Crippen LogP) is 5.82. The highest BCUT2D eigenvalue weighted by atomic mass is 16.3. The van der Waals surface area contributed by atoms with Gasteiger partial charge in [0.15, 0.2) is 5.78 Å². The van der Waals surface area contributed by atoms with Crippen molar-refractivity contribution in [1.29, 1.82) is 0 Å². The highest BCUT2D eigenvalue weighted by Crippen LogP contribution is 2.42. The summed E-state index contributed by atoms with van der Waals surface area (Å²) >= 11 is 0. The minimum Gasteiger partial charge on any atom is -0.512 e. The van der Waals surface area contributed by atoms with Gasteiger partial charge >= 0.3 is 0 Å². The molecule has 1 saturated carbocycles. The molecule has 0 saturated heterocycles. The van der Waals surface area contributed by atoms with Gasteiger partial charge in [0.05, 0.1) is 0 Å². The zero-order chi connectivity index (χ0) is 16.3. The van der Waals surface area contributed by atoms with Crippen molar-refractivity contribution in [2.75, 3.05) is 0 Å². The first-order valence-electron chi connectivity index (χ1n) is 8.67. The fourth-order valence-corrected chi connectivity index (χ4v) is 3.72. The van der Waals surface area contributed by atoms with Gasteiger partial charge in [-0.25, -0.2) is 0 Å². The van der Waals surface area contributed by atoms with Crippen LogP contribution in [0.5, 0.6) is 0 Å². The van der Waals surface area contributed by atoms with E-state index in [0.29, 0.717) is 16.7 Å². The second-order valence-corrected chi connectivity index (χ2v) is 7.62. The van der Waals surface area contributed by atoms with Crippen molar-refractivity contribution in [3.8, 4) is 0 Å². The van der Waals surface area contributed by atoms with Crippen molar-refractivity contribution in [2.24, 2.45) is 16.7 Å². The van der Waals surface area contributed by atoms with Crippen LogP contribution in [0.3, 0.4) is 0 Å². The third kappa shape index (κ3) is 3.90. The molecule has 0 bridgehead atoms. The summed E-state index contributed by atoms with van der Waals surface area (Å²) in [5.74, 6) is 0.720. The monoisotopic (exact) mass is 294 g/mol. The zero-order valence-electron chi connectivity index (χ0n) is 14.9. The number of aliphatic hydroxyl groups is 1. The van der Waals surface area contributed by atoms with E-state index in [9.17, 15) is 9.90 Å². The van der Waals surface area contributed by atoms with Crippen molar-refractivity contribution >= 4 is 5.78 Å². The van der Waals surface area contributed by atoms with Crippen molar-refractivity contribution in [1.82, 2.24) is 0 Å². The van der Waals surface area contributed by atoms with Crippen LogP contribution in [-0.2, 0) is 4.79 Å². The lowest BCUT2D eigenvalue weighted by molar-refractivity contribution is -0.125. The number of hydrogen-bond donors (Lipinski definition) is 1. The van der Waals surface area contributed by atoms with Gasteiger partial charge in [-0.2, -0.15) is 0 Å². The summed E-state index contributed by atoms with van der Waals surface area (Å²) in [6, 6.07) is 0. The second kappa shape index (κ2) is 6.98. The molecule has 2 heteroatoms. The molecule has 0 aliphatic heterocycles. The fourth-order valence-electron chi connectivity index (χ4n) is 3.72. The molecule has 1 rings (SSSR count). The van der Waals surface area contributed by atoms with Crippen molar-refractivity contribution < 1.29 is 9.90 Å². The third-order valence-electron chi connectivity index (χ3n) is 5.96. The van der Waals surface area contributed by atoms with Gasteiger partial charge in [0.1, 0.15) is 5.76 Å². The Balaban J connectivity index is 2.93. The molecule has 2 nitrogen and oxygen atoms in total. The molecule has 0 aromatic carbocycles. The summed E-state index contributed by atoms with van der Waals surface area (Å²) in [6.45, 7) is 12.7. The summed E-state index contributed by atoms with van der Waals surface area (Å²) < 4.78 is 0. The predicted molar refractivity (Wildman–Crippen MR) is 89.4 cm³/mol. The highest BCUT2D eigenvalue weighted by molar-refractivity contribution is 5.99. The lowest BCUT2D eigenvalue weighted by Crippen LogP contribution is -2.31. The molecule has 0 radical (unpaired) electrons. The molecule has 0 spiro atoms. The zero-order valence-corrected chi connectivity index (χ0v) is 14.9. The lowest BCUT2D eigenvalue weighted by atomic mass is 9.70. The van der Waals surface area contributed by atoms with Crippen LogP contribution in [0, 0.1) is 16.7 Å². The molecular weight excluding hydrogens is 260 g/mol. The van der Waals surface area contributed by atoms with Crippen LogP contribution in [0.1, 0.15) is 86.5 Å². The molecule has 1 aliphatic carbocycles. The first-order valence-corrected chi connectivity index (χ1v) is 8.67. The lowest BCUT2D eigenvalue weighted by Gasteiger charge is -2.35. The quantitative estimate of drug-likeness (QED) is 0.495. The molecule has 21 heavy (non-hydrogen) atoms. The van der Waals surface area contributed by atoms with E-state index in [4.69, 9.17) is 0 Å². The number of rotatable bonds is 6. The summed E-state index contributed by atoms with van der Waals surface area (Å²) in [7, 11) is 0. The van der Waals surface area contributed by atoms with Crippen LogP contribution in [0.2, 0.25) is 0 Å². The molecule has 1 aliphatic rings. The molecule has 0 aromatic heterocycles. The summed E-state index contributed by atoms with van der Waals surface area (Å²) in [6.07, 6.45) is 6.80. The molecule has 0 heterocycles. The van der Waals surface area contributed by atoms with Crippen molar-refractivity contribution in [3.63, 3.8) is 0 Å². The van der Waals surface area contributed by atoms with E-state index in [1.54, 1.807) is 0 Å². The van der Waals surface area contributed by atoms with Crippen LogP contribution >= 0.6 is 0 Å². The smallest absolute Gasteiger partial charge is 0.168 e. The van der Waals surface area contributed by atoms with Crippen LogP contribution in [-0.4, -0.2) is 10.9 Å². The van der Waals surface area contributed by atoms with Gasteiger partial charge < -0.3 is 5.11 Å². The van der Waals surface area contributed by atoms with Gasteiger partial charge in [0.25, 0.3) is 0 Å². The number of carbonyl (C=O) groups excluding carboxylic acids is 1. The standard InChI is InChI=1S/C19H34O2/c1-7-19(8-2,9-3)17(21)14(4)16(20)15-10-12-18(5,6)13-11-15/h15,20H,7-13H2,1-6H3/b16-14-. The van der Waals surface area contributed by atoms with Crippen LogP contribution < -0.4 is 0 Å². The Bertz CT molecular complexity index is 382. The Morgan fingerprint density at radius 3 is 1.90 bits per heavy atom. The van der Waals surface area contributed by atoms with E-state index in [-0.39, 0.29) is 17.1 Å². The minimum absolute atomic E-state index is 0.164. The van der Waals surface area contributed by atoms with E-state index in [0.717, 1.165) is 44.9 Å². The number of allylic oxidation sites excluding steroid dienone is 2. The van der Waals surface area contributed by atoms with Crippen LogP contribution in [0.15, 0.2) is 11.3 Å². The Kier molecular flexibility index (Phi) is 6.07. The summed E-state index contributed by atoms with van der Waals surface area (Å²) in [5, 5.41) is 10.6. The Morgan fingerprint density at radius 2 is 1.52 bits per heavy atom. The number of aliphatic hydroxyl groups excluding tert-OH is 1. The van der Waals surface area contributed by atoms with Gasteiger partial charge in [0, 0.05) is 16.9 Å². The number of Topliss-reactive ketones (excluding diaryl/α,β-unsaturated/α-hetero) is 1. The molecule has 0 atom stereocenters. The Morgan fingerprint density at radius 1 is 1.10 bits per heavy atom. The Hall–Kier alpha value is -0.790. The molecule has 0 aromatic rings. The topological polar surface area (TPSA) is 37.3 Å². The number of ketones is 1. The molecule has 1 N–H and O–H groups in total. The van der Waals surface area contributed by atoms with E-state index >= 15 is 0 Å². The fraction of sp³-hybridized carbons (Fsp3) is 0.842. The van der Waals surface area contributed by atoms with Crippen molar-refractivity contribution in [3.05, 3.63) is 11.3 Å². The van der Waals surface area contributed by atoms with E-state index < -0.39 is 0 Å². The maximum absolute atomic E-state index is 12.9. The minimum atomic E-state index is -0.286. The van der Waals surface area contributed by atoms with Gasteiger partial charge in [-0.05, 0) is 57.3 Å². The van der Waals surface area contributed by atoms with E-state index in [1.807, 2.05) is 6.92 Å². The normalized spacial score (nSPS) is 21.0. The first-order chi connectivity index (χ1) is 9.73. The Labute approximate surface area is 131 Å². The molecule has 1 fully saturated rings. The highest BCUT2D eigenvalue weighted by Gasteiger charge is 2.36.